The van der Waals surface area contributed by atoms with Gasteiger partial charge in [-0.3, -0.25) is 0 Å². The fourth-order valence-electron chi connectivity index (χ4n) is 1.65. The van der Waals surface area contributed by atoms with Crippen LogP contribution in [-0.2, 0) is 6.42 Å². The Morgan fingerprint density at radius 3 is 3.00 bits per heavy atom. The van der Waals surface area contributed by atoms with E-state index in [2.05, 4.69) is 27.3 Å². The van der Waals surface area contributed by atoms with Crippen molar-refractivity contribution in [2.24, 2.45) is 0 Å². The summed E-state index contributed by atoms with van der Waals surface area (Å²) in [6, 6.07) is 4.11. The minimum atomic E-state index is -0.510. The van der Waals surface area contributed by atoms with Gasteiger partial charge in [-0.05, 0) is 41.0 Å². The van der Waals surface area contributed by atoms with Gasteiger partial charge < -0.3 is 10.4 Å². The van der Waals surface area contributed by atoms with Gasteiger partial charge in [-0.2, -0.15) is 0 Å². The maximum atomic E-state index is 10.1. The summed E-state index contributed by atoms with van der Waals surface area (Å²) in [5, 5.41) is 13.3. The zero-order valence-electron chi connectivity index (χ0n) is 7.22. The van der Waals surface area contributed by atoms with Crippen molar-refractivity contribution in [3.05, 3.63) is 20.8 Å². The molecule has 0 spiro atoms. The normalized spacial score (nSPS) is 28.2. The van der Waals surface area contributed by atoms with E-state index >= 15 is 0 Å². The lowest BCUT2D eigenvalue weighted by molar-refractivity contribution is 0.0627. The maximum absolute atomic E-state index is 10.1. The number of β-amino-alcohol motifs (C(OH)–C–C–N with tert-alkyl or cyclic N) is 1. The number of nitrogens with one attached hydrogen (secondary N) is 1. The van der Waals surface area contributed by atoms with Crippen LogP contribution in [0, 0.1) is 0 Å². The molecule has 72 valence electrons. The number of rotatable bonds is 2. The third-order valence-corrected chi connectivity index (χ3v) is 3.98. The van der Waals surface area contributed by atoms with Crippen LogP contribution in [0.3, 0.4) is 0 Å². The number of thiophene rings is 1. The fourth-order valence-corrected chi connectivity index (χ4v) is 3.27. The van der Waals surface area contributed by atoms with Gasteiger partial charge in [0.15, 0.2) is 0 Å². The molecule has 1 atom stereocenters. The van der Waals surface area contributed by atoms with Gasteiger partial charge in [0, 0.05) is 17.8 Å². The predicted octanol–water partition coefficient (Wildman–Crippen LogP) is 1.78. The molecule has 2 heterocycles. The van der Waals surface area contributed by atoms with Crippen LogP contribution in [0.2, 0.25) is 0 Å². The zero-order chi connectivity index (χ0) is 9.31. The molecule has 0 amide bonds. The standard InChI is InChI=1S/C9H12BrNOS/c10-8-2-1-7(13-8)5-9(12)3-4-11-6-9/h1-2,11-12H,3-6H2. The summed E-state index contributed by atoms with van der Waals surface area (Å²) in [6.07, 6.45) is 1.64. The van der Waals surface area contributed by atoms with Crippen LogP contribution in [0.25, 0.3) is 0 Å². The Kier molecular flexibility index (Phi) is 2.74. The minimum absolute atomic E-state index is 0.510. The van der Waals surface area contributed by atoms with Gasteiger partial charge >= 0.3 is 0 Å². The van der Waals surface area contributed by atoms with Gasteiger partial charge in [0.1, 0.15) is 0 Å². The van der Waals surface area contributed by atoms with E-state index in [4.69, 9.17) is 0 Å². The molecule has 0 aromatic carbocycles. The molecule has 2 rings (SSSR count). The molecule has 1 aliphatic rings. The van der Waals surface area contributed by atoms with Gasteiger partial charge in [-0.1, -0.05) is 0 Å². The molecular weight excluding hydrogens is 250 g/mol. The molecular formula is C9H12BrNOS. The Labute approximate surface area is 90.1 Å². The maximum Gasteiger partial charge on any atom is 0.0831 e. The predicted molar refractivity (Wildman–Crippen MR) is 58.2 cm³/mol. The number of aliphatic hydroxyl groups is 1. The van der Waals surface area contributed by atoms with E-state index in [1.807, 2.05) is 6.07 Å². The summed E-state index contributed by atoms with van der Waals surface area (Å²) in [5.41, 5.74) is -0.510. The molecule has 1 aliphatic heterocycles. The summed E-state index contributed by atoms with van der Waals surface area (Å²) in [5.74, 6) is 0. The van der Waals surface area contributed by atoms with Crippen molar-refractivity contribution in [3.8, 4) is 0 Å². The van der Waals surface area contributed by atoms with Crippen molar-refractivity contribution in [1.82, 2.24) is 5.32 Å². The highest BCUT2D eigenvalue weighted by Gasteiger charge is 2.31. The smallest absolute Gasteiger partial charge is 0.0831 e. The van der Waals surface area contributed by atoms with Crippen molar-refractivity contribution in [2.45, 2.75) is 18.4 Å². The zero-order valence-corrected chi connectivity index (χ0v) is 9.62. The van der Waals surface area contributed by atoms with Gasteiger partial charge in [0.05, 0.1) is 9.39 Å². The number of hydrogen-bond donors (Lipinski definition) is 2. The van der Waals surface area contributed by atoms with E-state index in [0.717, 1.165) is 29.7 Å². The van der Waals surface area contributed by atoms with Crippen LogP contribution in [0.4, 0.5) is 0 Å². The first-order chi connectivity index (χ1) is 6.18. The summed E-state index contributed by atoms with van der Waals surface area (Å²) in [4.78, 5) is 1.25. The monoisotopic (exact) mass is 261 g/mol. The molecule has 2 nitrogen and oxygen atoms in total. The first-order valence-electron chi connectivity index (χ1n) is 4.35. The van der Waals surface area contributed by atoms with Crippen molar-refractivity contribution in [2.75, 3.05) is 13.1 Å². The lowest BCUT2D eigenvalue weighted by Crippen LogP contribution is -2.33. The number of halogens is 1. The first kappa shape index (κ1) is 9.65. The van der Waals surface area contributed by atoms with Crippen LogP contribution < -0.4 is 5.32 Å². The van der Waals surface area contributed by atoms with E-state index < -0.39 is 5.60 Å². The molecule has 13 heavy (non-hydrogen) atoms. The van der Waals surface area contributed by atoms with Gasteiger partial charge in [0.25, 0.3) is 0 Å². The Hall–Kier alpha value is 0.1000. The van der Waals surface area contributed by atoms with Gasteiger partial charge in [0.2, 0.25) is 0 Å². The van der Waals surface area contributed by atoms with E-state index in [9.17, 15) is 5.11 Å². The Morgan fingerprint density at radius 2 is 2.46 bits per heavy atom. The van der Waals surface area contributed by atoms with Crippen molar-refractivity contribution < 1.29 is 5.11 Å². The third-order valence-electron chi connectivity index (χ3n) is 2.35. The Balaban J connectivity index is 2.04. The lowest BCUT2D eigenvalue weighted by Gasteiger charge is -2.19. The van der Waals surface area contributed by atoms with E-state index in [1.165, 1.54) is 4.88 Å². The molecule has 0 saturated carbocycles. The third kappa shape index (κ3) is 2.31. The van der Waals surface area contributed by atoms with Crippen LogP contribution in [-0.4, -0.2) is 23.8 Å². The Morgan fingerprint density at radius 1 is 1.62 bits per heavy atom. The highest BCUT2D eigenvalue weighted by atomic mass is 79.9. The van der Waals surface area contributed by atoms with Gasteiger partial charge in [-0.25, -0.2) is 0 Å². The van der Waals surface area contributed by atoms with Crippen molar-refractivity contribution in [1.29, 1.82) is 0 Å². The van der Waals surface area contributed by atoms with Gasteiger partial charge in [-0.15, -0.1) is 11.3 Å². The average Bonchev–Trinajstić information content (AvgIpc) is 2.62. The Bertz CT molecular complexity index is 294. The van der Waals surface area contributed by atoms with Crippen molar-refractivity contribution >= 4 is 27.3 Å². The summed E-state index contributed by atoms with van der Waals surface area (Å²) in [7, 11) is 0. The van der Waals surface area contributed by atoms with Crippen molar-refractivity contribution in [3.63, 3.8) is 0 Å². The first-order valence-corrected chi connectivity index (χ1v) is 5.96. The van der Waals surface area contributed by atoms with E-state index in [-0.39, 0.29) is 0 Å². The minimum Gasteiger partial charge on any atom is -0.388 e. The highest BCUT2D eigenvalue weighted by Crippen LogP contribution is 2.27. The van der Waals surface area contributed by atoms with Crippen LogP contribution in [0.5, 0.6) is 0 Å². The van der Waals surface area contributed by atoms with Crippen LogP contribution >= 0.6 is 27.3 Å². The molecule has 0 aliphatic carbocycles. The van der Waals surface area contributed by atoms with Crippen LogP contribution in [0.15, 0.2) is 15.9 Å². The molecule has 2 N–H and O–H groups in total. The average molecular weight is 262 g/mol. The molecule has 1 fully saturated rings. The quantitative estimate of drug-likeness (QED) is 0.851. The summed E-state index contributed by atoms with van der Waals surface area (Å²) < 4.78 is 1.14. The SMILES string of the molecule is OC1(Cc2ccc(Br)s2)CCNC1. The van der Waals surface area contributed by atoms with Crippen LogP contribution in [0.1, 0.15) is 11.3 Å². The number of hydrogen-bond acceptors (Lipinski definition) is 3. The summed E-state index contributed by atoms with van der Waals surface area (Å²) >= 11 is 5.12. The van der Waals surface area contributed by atoms with E-state index in [0.29, 0.717) is 0 Å². The second-order valence-corrected chi connectivity index (χ2v) is 6.08. The second kappa shape index (κ2) is 3.69. The molecule has 1 saturated heterocycles. The molecule has 0 bridgehead atoms. The molecule has 1 unspecified atom stereocenters. The topological polar surface area (TPSA) is 32.3 Å². The molecule has 1 aromatic heterocycles. The lowest BCUT2D eigenvalue weighted by atomic mass is 9.98. The largest absolute Gasteiger partial charge is 0.388 e. The highest BCUT2D eigenvalue weighted by molar-refractivity contribution is 9.11. The molecule has 1 aromatic rings. The fraction of sp³-hybridized carbons (Fsp3) is 0.556. The molecule has 4 heteroatoms. The summed E-state index contributed by atoms with van der Waals surface area (Å²) in [6.45, 7) is 1.66. The van der Waals surface area contributed by atoms with E-state index in [1.54, 1.807) is 11.3 Å². The molecule has 0 radical (unpaired) electrons. The second-order valence-electron chi connectivity index (χ2n) is 3.53.